The van der Waals surface area contributed by atoms with E-state index in [2.05, 4.69) is 15.1 Å². The molecule has 6 nitrogen and oxygen atoms in total. The van der Waals surface area contributed by atoms with Crippen molar-refractivity contribution in [3.05, 3.63) is 36.9 Å². The molecule has 0 aliphatic heterocycles. The second kappa shape index (κ2) is 5.11. The fourth-order valence-corrected chi connectivity index (χ4v) is 1.15. The van der Waals surface area contributed by atoms with Gasteiger partial charge in [-0.3, -0.25) is 0 Å². The molecule has 6 heteroatoms. The van der Waals surface area contributed by atoms with E-state index < -0.39 is 0 Å². The van der Waals surface area contributed by atoms with Crippen molar-refractivity contribution >= 4 is 5.97 Å². The van der Waals surface area contributed by atoms with Gasteiger partial charge in [-0.05, 0) is 6.07 Å². The van der Waals surface area contributed by atoms with Gasteiger partial charge in [0.2, 0.25) is 0 Å². The topological polar surface area (TPSA) is 68.8 Å². The molecule has 2 rings (SSSR count). The summed E-state index contributed by atoms with van der Waals surface area (Å²) >= 11 is 0. The van der Waals surface area contributed by atoms with Crippen molar-refractivity contribution in [2.75, 3.05) is 0 Å². The average Bonchev–Trinajstić information content (AvgIpc) is 2.40. The van der Waals surface area contributed by atoms with Crippen molar-refractivity contribution < 1.29 is 14.5 Å². The van der Waals surface area contributed by atoms with E-state index >= 15 is 0 Å². The maximum Gasteiger partial charge on any atom is 0.383 e. The van der Waals surface area contributed by atoms with Crippen LogP contribution in [0.3, 0.4) is 0 Å². The molecular formula is C11H11N4O2+. The number of hydrogen-bond acceptors (Lipinski definition) is 5. The summed E-state index contributed by atoms with van der Waals surface area (Å²) in [4.78, 5) is 25.2. The van der Waals surface area contributed by atoms with Crippen LogP contribution in [0.15, 0.2) is 36.9 Å². The van der Waals surface area contributed by atoms with E-state index in [-0.39, 0.29) is 5.97 Å². The van der Waals surface area contributed by atoms with Crippen LogP contribution in [0.5, 0.6) is 0 Å². The molecule has 17 heavy (non-hydrogen) atoms. The molecule has 2 heterocycles. The molecule has 0 bridgehead atoms. The zero-order valence-corrected chi connectivity index (χ0v) is 9.28. The lowest BCUT2D eigenvalue weighted by atomic mass is 10.3. The van der Waals surface area contributed by atoms with Gasteiger partial charge in [0.15, 0.2) is 5.82 Å². The lowest BCUT2D eigenvalue weighted by Crippen LogP contribution is -2.48. The molecule has 0 aliphatic carbocycles. The van der Waals surface area contributed by atoms with Gasteiger partial charge in [0, 0.05) is 29.1 Å². The van der Waals surface area contributed by atoms with Gasteiger partial charge in [0.25, 0.3) is 6.20 Å². The number of carbonyl (C=O) groups is 1. The molecule has 0 amide bonds. The second-order valence-corrected chi connectivity index (χ2v) is 3.21. The molecule has 0 aromatic carbocycles. The smallest absolute Gasteiger partial charge is 0.244 e. The molecular weight excluding hydrogens is 220 g/mol. The van der Waals surface area contributed by atoms with Gasteiger partial charge in [0.05, 0.1) is 6.42 Å². The average molecular weight is 231 g/mol. The van der Waals surface area contributed by atoms with Crippen LogP contribution in [0.1, 0.15) is 13.3 Å². The number of carbonyl (C=O) groups excluding carboxylic acids is 1. The summed E-state index contributed by atoms with van der Waals surface area (Å²) in [5.74, 6) is 0.236. The van der Waals surface area contributed by atoms with E-state index in [0.717, 1.165) is 10.4 Å². The fraction of sp³-hybridized carbons (Fsp3) is 0.182. The summed E-state index contributed by atoms with van der Waals surface area (Å²) < 4.78 is 0. The first-order valence-electron chi connectivity index (χ1n) is 5.16. The van der Waals surface area contributed by atoms with Crippen molar-refractivity contribution in [1.29, 1.82) is 0 Å². The van der Waals surface area contributed by atoms with Crippen molar-refractivity contribution in [2.24, 2.45) is 0 Å². The summed E-state index contributed by atoms with van der Waals surface area (Å²) in [5, 5.41) is 3.94. The molecule has 0 saturated heterocycles. The Morgan fingerprint density at radius 1 is 1.41 bits per heavy atom. The third kappa shape index (κ3) is 2.81. The summed E-state index contributed by atoms with van der Waals surface area (Å²) in [5.41, 5.74) is 0.759. The van der Waals surface area contributed by atoms with Crippen LogP contribution in [-0.2, 0) is 4.79 Å². The van der Waals surface area contributed by atoms with Crippen molar-refractivity contribution in [2.45, 2.75) is 13.3 Å². The summed E-state index contributed by atoms with van der Waals surface area (Å²) in [6, 6.07) is 3.47. The standard InChI is InChI=1S/C11H11N4O2/c1-2-10(16)17-15-7-4-9(8-14-15)11-12-5-3-6-13-11/h3-8H,2H2,1H3/q+1. The van der Waals surface area contributed by atoms with E-state index in [4.69, 9.17) is 4.84 Å². The first-order chi connectivity index (χ1) is 8.29. The molecule has 0 aliphatic rings. The van der Waals surface area contributed by atoms with Crippen LogP contribution in [0, 0.1) is 0 Å². The monoisotopic (exact) mass is 231 g/mol. The van der Waals surface area contributed by atoms with Crippen LogP contribution in [0.2, 0.25) is 0 Å². The van der Waals surface area contributed by atoms with Gasteiger partial charge >= 0.3 is 5.97 Å². The Morgan fingerprint density at radius 2 is 2.18 bits per heavy atom. The Balaban J connectivity index is 2.16. The highest BCUT2D eigenvalue weighted by Gasteiger charge is 2.11. The second-order valence-electron chi connectivity index (χ2n) is 3.21. The summed E-state index contributed by atoms with van der Waals surface area (Å²) in [6.07, 6.45) is 6.69. The molecule has 0 radical (unpaired) electrons. The Hall–Kier alpha value is -2.37. The van der Waals surface area contributed by atoms with E-state index in [9.17, 15) is 4.79 Å². The molecule has 86 valence electrons. The van der Waals surface area contributed by atoms with Crippen molar-refractivity contribution in [3.8, 4) is 11.4 Å². The van der Waals surface area contributed by atoms with Gasteiger partial charge in [-0.2, -0.15) is 4.84 Å². The molecule has 0 unspecified atom stereocenters. The molecule has 0 saturated carbocycles. The third-order valence-electron chi connectivity index (χ3n) is 2.00. The predicted molar refractivity (Wildman–Crippen MR) is 57.3 cm³/mol. The van der Waals surface area contributed by atoms with Gasteiger partial charge in [0.1, 0.15) is 11.0 Å². The van der Waals surface area contributed by atoms with Crippen molar-refractivity contribution in [3.63, 3.8) is 0 Å². The zero-order valence-electron chi connectivity index (χ0n) is 9.28. The highest BCUT2D eigenvalue weighted by molar-refractivity contribution is 5.68. The van der Waals surface area contributed by atoms with E-state index in [0.29, 0.717) is 12.2 Å². The Bertz CT molecular complexity index is 499. The van der Waals surface area contributed by atoms with Crippen LogP contribution < -0.4 is 9.68 Å². The molecule has 0 N–H and O–H groups in total. The maximum absolute atomic E-state index is 11.0. The van der Waals surface area contributed by atoms with Crippen LogP contribution in [0.25, 0.3) is 11.4 Å². The Kier molecular flexibility index (Phi) is 3.34. The highest BCUT2D eigenvalue weighted by Crippen LogP contribution is 2.08. The van der Waals surface area contributed by atoms with Gasteiger partial charge in [-0.15, -0.1) is 0 Å². The SMILES string of the molecule is CCC(=O)O[n+]1ccc(-c2ncccn2)cn1. The molecule has 2 aromatic heterocycles. The first kappa shape index (κ1) is 11.1. The van der Waals surface area contributed by atoms with Crippen LogP contribution in [0.4, 0.5) is 0 Å². The number of aromatic nitrogens is 4. The molecule has 0 fully saturated rings. The minimum Gasteiger partial charge on any atom is -0.244 e. The minimum absolute atomic E-state index is 0.304. The van der Waals surface area contributed by atoms with E-state index in [1.807, 2.05) is 0 Å². The van der Waals surface area contributed by atoms with E-state index in [1.54, 1.807) is 37.6 Å². The molecule has 0 atom stereocenters. The minimum atomic E-state index is -0.341. The van der Waals surface area contributed by atoms with Crippen LogP contribution >= 0.6 is 0 Å². The van der Waals surface area contributed by atoms with Crippen LogP contribution in [-0.4, -0.2) is 21.0 Å². The lowest BCUT2D eigenvalue weighted by Gasteiger charge is -1.95. The zero-order chi connectivity index (χ0) is 12.1. The summed E-state index contributed by atoms with van der Waals surface area (Å²) in [6.45, 7) is 1.72. The largest absolute Gasteiger partial charge is 0.383 e. The lowest BCUT2D eigenvalue weighted by molar-refractivity contribution is -0.915. The summed E-state index contributed by atoms with van der Waals surface area (Å²) in [7, 11) is 0. The molecule has 2 aromatic rings. The quantitative estimate of drug-likeness (QED) is 0.705. The molecule has 0 spiro atoms. The Morgan fingerprint density at radius 3 is 2.76 bits per heavy atom. The Labute approximate surface area is 97.9 Å². The van der Waals surface area contributed by atoms with Crippen molar-refractivity contribution in [1.82, 2.24) is 15.1 Å². The van der Waals surface area contributed by atoms with Gasteiger partial charge < -0.3 is 0 Å². The van der Waals surface area contributed by atoms with Gasteiger partial charge in [-0.25, -0.2) is 14.8 Å². The predicted octanol–water partition coefficient (Wildman–Crippen LogP) is 0.191. The van der Waals surface area contributed by atoms with Gasteiger partial charge in [-0.1, -0.05) is 6.92 Å². The highest BCUT2D eigenvalue weighted by atomic mass is 16.7. The maximum atomic E-state index is 11.0. The first-order valence-corrected chi connectivity index (χ1v) is 5.16. The fourth-order valence-electron chi connectivity index (χ4n) is 1.15. The normalized spacial score (nSPS) is 9.94. The number of rotatable bonds is 3. The number of hydrogen-bond donors (Lipinski definition) is 0. The number of nitrogens with zero attached hydrogens (tertiary/aromatic N) is 4. The van der Waals surface area contributed by atoms with E-state index in [1.165, 1.54) is 6.20 Å². The third-order valence-corrected chi connectivity index (χ3v) is 2.00.